The third-order valence-electron chi connectivity index (χ3n) is 3.24. The summed E-state index contributed by atoms with van der Waals surface area (Å²) in [4.78, 5) is 0. The van der Waals surface area contributed by atoms with E-state index >= 15 is 0 Å². The maximum atomic E-state index is 9.40. The van der Waals surface area contributed by atoms with E-state index in [4.69, 9.17) is 16.3 Å². The van der Waals surface area contributed by atoms with E-state index in [-0.39, 0.29) is 5.75 Å². The fraction of sp³-hybridized carbons (Fsp3) is 0.294. The maximum Gasteiger partial charge on any atom is 0.134 e. The molecule has 0 saturated heterocycles. The van der Waals surface area contributed by atoms with Crippen LogP contribution in [0.4, 0.5) is 0 Å². The summed E-state index contributed by atoms with van der Waals surface area (Å²) in [6, 6.07) is 13.5. The Labute approximate surface area is 130 Å². The van der Waals surface area contributed by atoms with Gasteiger partial charge in [-0.1, -0.05) is 41.9 Å². The van der Waals surface area contributed by atoms with Crippen LogP contribution < -0.4 is 5.32 Å². The van der Waals surface area contributed by atoms with Crippen LogP contribution in [-0.2, 0) is 24.4 Å². The summed E-state index contributed by atoms with van der Waals surface area (Å²) >= 11 is 5.90. The molecule has 112 valence electrons. The average Bonchev–Trinajstić information content (AvgIpc) is 2.50. The smallest absolute Gasteiger partial charge is 0.134 e. The van der Waals surface area contributed by atoms with Crippen molar-refractivity contribution in [3.05, 3.63) is 64.2 Å². The second-order valence-corrected chi connectivity index (χ2v) is 5.20. The topological polar surface area (TPSA) is 41.5 Å². The number of benzene rings is 2. The van der Waals surface area contributed by atoms with Gasteiger partial charge in [0, 0.05) is 19.7 Å². The zero-order valence-electron chi connectivity index (χ0n) is 12.1. The second kappa shape index (κ2) is 8.03. The fourth-order valence-electron chi connectivity index (χ4n) is 2.08. The number of halogens is 1. The molecular formula is C17H20ClNO2. The molecule has 0 aliphatic carbocycles. The second-order valence-electron chi connectivity index (χ2n) is 4.80. The van der Waals surface area contributed by atoms with E-state index in [1.54, 1.807) is 12.1 Å². The largest absolute Gasteiger partial charge is 0.506 e. The predicted molar refractivity (Wildman–Crippen MR) is 85.4 cm³/mol. The van der Waals surface area contributed by atoms with E-state index in [0.29, 0.717) is 24.8 Å². The van der Waals surface area contributed by atoms with Crippen LogP contribution >= 0.6 is 11.6 Å². The van der Waals surface area contributed by atoms with Gasteiger partial charge in [-0.2, -0.15) is 0 Å². The minimum atomic E-state index is 0.113. The van der Waals surface area contributed by atoms with E-state index in [1.165, 1.54) is 11.1 Å². The Morgan fingerprint density at radius 2 is 1.86 bits per heavy atom. The molecule has 0 fully saturated rings. The molecule has 0 aromatic heterocycles. The Hall–Kier alpha value is -1.55. The Morgan fingerprint density at radius 1 is 1.10 bits per heavy atom. The van der Waals surface area contributed by atoms with Crippen molar-refractivity contribution in [3.63, 3.8) is 0 Å². The molecule has 0 bridgehead atoms. The van der Waals surface area contributed by atoms with Crippen molar-refractivity contribution in [2.24, 2.45) is 0 Å². The van der Waals surface area contributed by atoms with E-state index < -0.39 is 0 Å². The number of hydrogen-bond donors (Lipinski definition) is 2. The summed E-state index contributed by atoms with van der Waals surface area (Å²) < 4.78 is 5.48. The number of hydrogen-bond acceptors (Lipinski definition) is 3. The predicted octanol–water partition coefficient (Wildman–Crippen LogP) is 3.87. The van der Waals surface area contributed by atoms with E-state index in [2.05, 4.69) is 17.4 Å². The first-order chi connectivity index (χ1) is 10.2. The summed E-state index contributed by atoms with van der Waals surface area (Å²) in [5, 5.41) is 13.2. The molecule has 0 aliphatic rings. The minimum absolute atomic E-state index is 0.113. The van der Waals surface area contributed by atoms with Gasteiger partial charge in [-0.05, 0) is 35.7 Å². The molecule has 3 nitrogen and oxygen atoms in total. The van der Waals surface area contributed by atoms with Gasteiger partial charge in [-0.15, -0.1) is 0 Å². The first-order valence-electron chi connectivity index (χ1n) is 7.03. The quantitative estimate of drug-likeness (QED) is 0.816. The van der Waals surface area contributed by atoms with Gasteiger partial charge in [0.2, 0.25) is 0 Å². The molecule has 4 heteroatoms. The molecule has 0 spiro atoms. The van der Waals surface area contributed by atoms with Crippen molar-refractivity contribution in [2.75, 3.05) is 6.61 Å². The highest BCUT2D eigenvalue weighted by Crippen LogP contribution is 2.23. The van der Waals surface area contributed by atoms with E-state index in [1.807, 2.05) is 25.1 Å². The molecular weight excluding hydrogens is 286 g/mol. The lowest BCUT2D eigenvalue weighted by Gasteiger charge is -2.11. The molecule has 2 aromatic carbocycles. The molecule has 0 aliphatic heterocycles. The SMILES string of the molecule is CCOCc1ccccc1CNCc1ccc(O)c(Cl)c1. The molecule has 2 rings (SSSR count). The van der Waals surface area contributed by atoms with Crippen molar-refractivity contribution in [3.8, 4) is 5.75 Å². The average molecular weight is 306 g/mol. The van der Waals surface area contributed by atoms with Crippen LogP contribution in [0.15, 0.2) is 42.5 Å². The normalized spacial score (nSPS) is 10.8. The highest BCUT2D eigenvalue weighted by Gasteiger charge is 2.03. The van der Waals surface area contributed by atoms with Gasteiger partial charge < -0.3 is 15.2 Å². The number of rotatable bonds is 7. The molecule has 0 heterocycles. The van der Waals surface area contributed by atoms with Crippen molar-refractivity contribution in [2.45, 2.75) is 26.6 Å². The monoisotopic (exact) mass is 305 g/mol. The summed E-state index contributed by atoms with van der Waals surface area (Å²) in [6.45, 7) is 4.81. The van der Waals surface area contributed by atoms with Crippen molar-refractivity contribution >= 4 is 11.6 Å². The Morgan fingerprint density at radius 3 is 2.57 bits per heavy atom. The summed E-state index contributed by atoms with van der Waals surface area (Å²) in [5.41, 5.74) is 3.48. The molecule has 0 radical (unpaired) electrons. The van der Waals surface area contributed by atoms with Crippen molar-refractivity contribution < 1.29 is 9.84 Å². The maximum absolute atomic E-state index is 9.40. The highest BCUT2D eigenvalue weighted by molar-refractivity contribution is 6.32. The lowest BCUT2D eigenvalue weighted by atomic mass is 10.1. The number of aromatic hydroxyl groups is 1. The Balaban J connectivity index is 1.92. The summed E-state index contributed by atoms with van der Waals surface area (Å²) in [5.74, 6) is 0.113. The lowest BCUT2D eigenvalue weighted by Crippen LogP contribution is -2.14. The van der Waals surface area contributed by atoms with Crippen LogP contribution in [-0.4, -0.2) is 11.7 Å². The van der Waals surface area contributed by atoms with Crippen molar-refractivity contribution in [1.29, 1.82) is 0 Å². The van der Waals surface area contributed by atoms with Gasteiger partial charge in [0.05, 0.1) is 11.6 Å². The first-order valence-corrected chi connectivity index (χ1v) is 7.41. The molecule has 0 amide bonds. The van der Waals surface area contributed by atoms with Gasteiger partial charge >= 0.3 is 0 Å². The lowest BCUT2D eigenvalue weighted by molar-refractivity contribution is 0.133. The summed E-state index contributed by atoms with van der Waals surface area (Å²) in [7, 11) is 0. The van der Waals surface area contributed by atoms with Gasteiger partial charge in [0.1, 0.15) is 5.75 Å². The van der Waals surface area contributed by atoms with Crippen LogP contribution in [0.3, 0.4) is 0 Å². The molecule has 2 aromatic rings. The third kappa shape index (κ3) is 4.74. The van der Waals surface area contributed by atoms with Gasteiger partial charge in [-0.3, -0.25) is 0 Å². The van der Waals surface area contributed by atoms with Crippen LogP contribution in [0.1, 0.15) is 23.6 Å². The minimum Gasteiger partial charge on any atom is -0.506 e. The number of nitrogens with one attached hydrogen (secondary N) is 1. The Bertz CT molecular complexity index is 587. The Kier molecular flexibility index (Phi) is 6.05. The van der Waals surface area contributed by atoms with Gasteiger partial charge in [-0.25, -0.2) is 0 Å². The number of phenols is 1. The molecule has 0 saturated carbocycles. The molecule has 0 atom stereocenters. The summed E-state index contributed by atoms with van der Waals surface area (Å²) in [6.07, 6.45) is 0. The van der Waals surface area contributed by atoms with Gasteiger partial charge in [0.25, 0.3) is 0 Å². The standard InChI is InChI=1S/C17H20ClNO2/c1-2-21-12-15-6-4-3-5-14(15)11-19-10-13-7-8-17(20)16(18)9-13/h3-9,19-20H,2,10-12H2,1H3. The third-order valence-corrected chi connectivity index (χ3v) is 3.54. The van der Waals surface area contributed by atoms with Crippen LogP contribution in [0.25, 0.3) is 0 Å². The first kappa shape index (κ1) is 15.8. The van der Waals surface area contributed by atoms with E-state index in [0.717, 1.165) is 12.1 Å². The molecule has 21 heavy (non-hydrogen) atoms. The highest BCUT2D eigenvalue weighted by atomic mass is 35.5. The number of ether oxygens (including phenoxy) is 1. The van der Waals surface area contributed by atoms with E-state index in [9.17, 15) is 5.11 Å². The van der Waals surface area contributed by atoms with Crippen LogP contribution in [0, 0.1) is 0 Å². The van der Waals surface area contributed by atoms with Crippen LogP contribution in [0.2, 0.25) is 5.02 Å². The zero-order valence-corrected chi connectivity index (χ0v) is 12.9. The van der Waals surface area contributed by atoms with Gasteiger partial charge in [0.15, 0.2) is 0 Å². The molecule has 0 unspecified atom stereocenters. The fourth-order valence-corrected chi connectivity index (χ4v) is 2.29. The zero-order chi connectivity index (χ0) is 15.1. The van der Waals surface area contributed by atoms with Crippen LogP contribution in [0.5, 0.6) is 5.75 Å². The molecule has 2 N–H and O–H groups in total. The van der Waals surface area contributed by atoms with Crippen molar-refractivity contribution in [1.82, 2.24) is 5.32 Å². The number of phenolic OH excluding ortho intramolecular Hbond substituents is 1.